The van der Waals surface area contributed by atoms with E-state index < -0.39 is 11.8 Å². The summed E-state index contributed by atoms with van der Waals surface area (Å²) in [7, 11) is 0. The number of carbonyl (C=O) groups is 2. The summed E-state index contributed by atoms with van der Waals surface area (Å²) in [5, 5.41) is 0. The van der Waals surface area contributed by atoms with E-state index in [4.69, 9.17) is 13.9 Å². The van der Waals surface area contributed by atoms with Crippen LogP contribution in [0.3, 0.4) is 0 Å². The van der Waals surface area contributed by atoms with Gasteiger partial charge in [-0.2, -0.15) is 0 Å². The number of amides is 2. The van der Waals surface area contributed by atoms with Crippen LogP contribution in [-0.4, -0.2) is 11.8 Å². The van der Waals surface area contributed by atoms with Gasteiger partial charge >= 0.3 is 5.91 Å². The Labute approximate surface area is 190 Å². The van der Waals surface area contributed by atoms with Crippen LogP contribution >= 0.6 is 0 Å². The van der Waals surface area contributed by atoms with E-state index in [1.165, 1.54) is 6.07 Å². The molecule has 0 spiro atoms. The molecule has 7 nitrogen and oxygen atoms in total. The summed E-state index contributed by atoms with van der Waals surface area (Å²) in [4.78, 5) is 24.6. The normalized spacial score (nSPS) is 10.3. The Morgan fingerprint density at radius 3 is 1.85 bits per heavy atom. The molecule has 0 radical (unpaired) electrons. The fourth-order valence-corrected chi connectivity index (χ4v) is 2.93. The fourth-order valence-electron chi connectivity index (χ4n) is 2.93. The third-order valence-corrected chi connectivity index (χ3v) is 4.66. The highest BCUT2D eigenvalue weighted by Crippen LogP contribution is 2.14. The number of hydrogen-bond donors (Lipinski definition) is 2. The smallest absolute Gasteiger partial charge is 0.305 e. The first kappa shape index (κ1) is 21.7. The van der Waals surface area contributed by atoms with Crippen LogP contribution in [0.4, 0.5) is 0 Å². The first-order chi connectivity index (χ1) is 16.2. The predicted octanol–water partition coefficient (Wildman–Crippen LogP) is 4.51. The third-order valence-electron chi connectivity index (χ3n) is 4.66. The maximum absolute atomic E-state index is 12.3. The minimum absolute atomic E-state index is 0.0652. The van der Waals surface area contributed by atoms with Gasteiger partial charge in [-0.3, -0.25) is 20.4 Å². The van der Waals surface area contributed by atoms with E-state index in [-0.39, 0.29) is 12.4 Å². The van der Waals surface area contributed by atoms with Crippen LogP contribution in [0.1, 0.15) is 32.2 Å². The summed E-state index contributed by atoms with van der Waals surface area (Å²) in [6.07, 6.45) is 0. The van der Waals surface area contributed by atoms with Gasteiger partial charge in [0.25, 0.3) is 5.91 Å². The summed E-state index contributed by atoms with van der Waals surface area (Å²) in [6.45, 7) is 0.571. The van der Waals surface area contributed by atoms with Crippen LogP contribution in [-0.2, 0) is 13.2 Å². The molecule has 0 unspecified atom stereocenters. The second-order valence-electron chi connectivity index (χ2n) is 7.07. The molecule has 1 heterocycles. The van der Waals surface area contributed by atoms with Crippen molar-refractivity contribution in [2.24, 2.45) is 0 Å². The molecule has 0 aliphatic carbocycles. The molecule has 4 aromatic rings. The number of carbonyl (C=O) groups excluding carboxylic acids is 2. The third kappa shape index (κ3) is 6.24. The van der Waals surface area contributed by atoms with Crippen molar-refractivity contribution in [3.8, 4) is 11.5 Å². The molecule has 166 valence electrons. The highest BCUT2D eigenvalue weighted by molar-refractivity contribution is 5.97. The van der Waals surface area contributed by atoms with Crippen LogP contribution < -0.4 is 20.3 Å². The summed E-state index contributed by atoms with van der Waals surface area (Å²) in [5.74, 6) is 1.01. The predicted molar refractivity (Wildman–Crippen MR) is 122 cm³/mol. The Balaban J connectivity index is 1.23. The average molecular weight is 442 g/mol. The van der Waals surface area contributed by atoms with Crippen molar-refractivity contribution in [3.05, 3.63) is 120 Å². The summed E-state index contributed by atoms with van der Waals surface area (Å²) < 4.78 is 16.8. The Morgan fingerprint density at radius 1 is 0.636 bits per heavy atom. The molecule has 0 aliphatic heterocycles. The van der Waals surface area contributed by atoms with Gasteiger partial charge in [-0.1, -0.05) is 48.5 Å². The van der Waals surface area contributed by atoms with Gasteiger partial charge in [-0.05, 0) is 54.1 Å². The van der Waals surface area contributed by atoms with Crippen molar-refractivity contribution in [2.75, 3.05) is 0 Å². The lowest BCUT2D eigenvalue weighted by Gasteiger charge is -2.08. The van der Waals surface area contributed by atoms with Crippen LogP contribution in [0, 0.1) is 0 Å². The molecule has 1 aromatic heterocycles. The molecule has 2 amide bonds. The minimum atomic E-state index is -0.567. The van der Waals surface area contributed by atoms with Crippen molar-refractivity contribution in [2.45, 2.75) is 13.2 Å². The minimum Gasteiger partial charge on any atom is -0.489 e. The zero-order valence-corrected chi connectivity index (χ0v) is 17.7. The number of ether oxygens (including phenoxy) is 2. The van der Waals surface area contributed by atoms with E-state index in [9.17, 15) is 9.59 Å². The molecule has 3 aromatic carbocycles. The Hall–Kier alpha value is -4.52. The molecule has 0 atom stereocenters. The van der Waals surface area contributed by atoms with Crippen molar-refractivity contribution >= 4 is 11.8 Å². The van der Waals surface area contributed by atoms with E-state index in [1.54, 1.807) is 30.3 Å². The van der Waals surface area contributed by atoms with Crippen molar-refractivity contribution < 1.29 is 23.5 Å². The van der Waals surface area contributed by atoms with E-state index in [0.29, 0.717) is 23.7 Å². The molecule has 0 aliphatic rings. The van der Waals surface area contributed by atoms with E-state index in [2.05, 4.69) is 10.9 Å². The maximum Gasteiger partial charge on any atom is 0.305 e. The lowest BCUT2D eigenvalue weighted by molar-refractivity contribution is 0.0828. The first-order valence-corrected chi connectivity index (χ1v) is 10.3. The van der Waals surface area contributed by atoms with E-state index in [0.717, 1.165) is 11.3 Å². The molecular formula is C26H22N2O5. The van der Waals surface area contributed by atoms with Gasteiger partial charge in [-0.15, -0.1) is 0 Å². The zero-order chi connectivity index (χ0) is 22.9. The second-order valence-corrected chi connectivity index (χ2v) is 7.07. The van der Waals surface area contributed by atoms with Gasteiger partial charge in [0.1, 0.15) is 30.5 Å². The number of hydrazine groups is 1. The number of hydrogen-bond acceptors (Lipinski definition) is 5. The number of nitrogens with one attached hydrogen (secondary N) is 2. The van der Waals surface area contributed by atoms with Crippen LogP contribution in [0.2, 0.25) is 0 Å². The lowest BCUT2D eigenvalue weighted by Crippen LogP contribution is -2.41. The number of para-hydroxylation sites is 2. The Morgan fingerprint density at radius 2 is 1.21 bits per heavy atom. The summed E-state index contributed by atoms with van der Waals surface area (Å²) in [5.41, 5.74) is 6.04. The molecule has 33 heavy (non-hydrogen) atoms. The Bertz CT molecular complexity index is 1190. The topological polar surface area (TPSA) is 89.8 Å². The summed E-state index contributed by atoms with van der Waals surface area (Å²) >= 11 is 0. The fraction of sp³-hybridized carbons (Fsp3) is 0.0769. The quantitative estimate of drug-likeness (QED) is 0.392. The molecular weight excluding hydrogens is 420 g/mol. The van der Waals surface area contributed by atoms with Crippen molar-refractivity contribution in [1.82, 2.24) is 10.9 Å². The lowest BCUT2D eigenvalue weighted by atomic mass is 10.1. The highest BCUT2D eigenvalue weighted by atomic mass is 16.5. The number of rotatable bonds is 8. The van der Waals surface area contributed by atoms with Gasteiger partial charge in [-0.25, -0.2) is 0 Å². The van der Waals surface area contributed by atoms with Gasteiger partial charge < -0.3 is 13.9 Å². The van der Waals surface area contributed by atoms with Crippen LogP contribution in [0.5, 0.6) is 11.5 Å². The number of benzene rings is 3. The first-order valence-electron chi connectivity index (χ1n) is 10.3. The van der Waals surface area contributed by atoms with Crippen molar-refractivity contribution in [1.29, 1.82) is 0 Å². The Kier molecular flexibility index (Phi) is 7.02. The molecule has 4 rings (SSSR count). The molecule has 7 heteroatoms. The monoisotopic (exact) mass is 442 g/mol. The SMILES string of the molecule is O=C(NNC(=O)c1ccc(COc2ccccc2)o1)c1ccc(COc2ccccc2)cc1. The van der Waals surface area contributed by atoms with Gasteiger partial charge in [0.05, 0.1) is 0 Å². The average Bonchev–Trinajstić information content (AvgIpc) is 3.35. The van der Waals surface area contributed by atoms with Crippen LogP contribution in [0.25, 0.3) is 0 Å². The largest absolute Gasteiger partial charge is 0.489 e. The van der Waals surface area contributed by atoms with Crippen LogP contribution in [0.15, 0.2) is 101 Å². The number of furan rings is 1. The van der Waals surface area contributed by atoms with E-state index >= 15 is 0 Å². The molecule has 0 saturated carbocycles. The standard InChI is InChI=1S/C26H22N2O5/c29-25(20-13-11-19(12-14-20)17-31-21-7-3-1-4-8-21)27-28-26(30)24-16-15-23(33-24)18-32-22-9-5-2-6-10-22/h1-16H,17-18H2,(H,27,29)(H,28,30). The molecule has 2 N–H and O–H groups in total. The van der Waals surface area contributed by atoms with Gasteiger partial charge in [0.2, 0.25) is 0 Å². The highest BCUT2D eigenvalue weighted by Gasteiger charge is 2.13. The maximum atomic E-state index is 12.3. The van der Waals surface area contributed by atoms with E-state index in [1.807, 2.05) is 60.7 Å². The summed E-state index contributed by atoms with van der Waals surface area (Å²) in [6, 6.07) is 28.9. The molecule has 0 fully saturated rings. The molecule has 0 saturated heterocycles. The molecule has 0 bridgehead atoms. The van der Waals surface area contributed by atoms with Gasteiger partial charge in [0, 0.05) is 5.56 Å². The van der Waals surface area contributed by atoms with Gasteiger partial charge in [0.15, 0.2) is 5.76 Å². The zero-order valence-electron chi connectivity index (χ0n) is 17.7. The van der Waals surface area contributed by atoms with Crippen molar-refractivity contribution in [3.63, 3.8) is 0 Å². The second kappa shape index (κ2) is 10.7.